The molecule has 0 bridgehead atoms. The van der Waals surface area contributed by atoms with Gasteiger partial charge >= 0.3 is 0 Å². The Kier molecular flexibility index (Phi) is 9.31. The van der Waals surface area contributed by atoms with E-state index in [0.29, 0.717) is 0 Å². The van der Waals surface area contributed by atoms with E-state index in [1.807, 2.05) is 0 Å². The van der Waals surface area contributed by atoms with Gasteiger partial charge in [-0.25, -0.2) is 5.90 Å². The van der Waals surface area contributed by atoms with Gasteiger partial charge in [0, 0.05) is 0 Å². The fourth-order valence-corrected chi connectivity index (χ4v) is 0.723. The van der Waals surface area contributed by atoms with Gasteiger partial charge in [0.15, 0.2) is 12.4 Å². The van der Waals surface area contributed by atoms with Crippen molar-refractivity contribution in [2.24, 2.45) is 5.90 Å². The van der Waals surface area contributed by atoms with E-state index in [-0.39, 0.29) is 18.7 Å². The molecule has 0 aliphatic carbocycles. The summed E-state index contributed by atoms with van der Waals surface area (Å²) >= 11 is 0. The lowest BCUT2D eigenvalue weighted by atomic mass is 10.0. The number of carbonyl (C=O) groups excluding carboxylic acids is 1. The van der Waals surface area contributed by atoms with Crippen LogP contribution in [0.5, 0.6) is 0 Å². The molecule has 7 nitrogen and oxygen atoms in total. The number of hydrogen-bond donors (Lipinski definition) is 5. The molecule has 0 amide bonds. The van der Waals surface area contributed by atoms with E-state index in [1.54, 1.807) is 0 Å². The SMILES string of the molecule is Cl.NO[C@@H](C=O)[C@@H](O)[C@H](O)[C@H](O)CO. The number of rotatable bonds is 6. The van der Waals surface area contributed by atoms with Crippen LogP contribution in [-0.2, 0) is 9.63 Å². The van der Waals surface area contributed by atoms with Gasteiger partial charge < -0.3 is 25.2 Å². The van der Waals surface area contributed by atoms with Crippen molar-refractivity contribution in [1.82, 2.24) is 0 Å². The Balaban J connectivity index is 0. The highest BCUT2D eigenvalue weighted by atomic mass is 35.5. The molecule has 0 aromatic rings. The number of halogens is 1. The van der Waals surface area contributed by atoms with Gasteiger partial charge in [0.25, 0.3) is 0 Å². The first-order valence-corrected chi connectivity index (χ1v) is 3.54. The first-order valence-electron chi connectivity index (χ1n) is 3.54. The van der Waals surface area contributed by atoms with E-state index < -0.39 is 31.0 Å². The Hall–Kier alpha value is -0.280. The molecule has 86 valence electrons. The summed E-state index contributed by atoms with van der Waals surface area (Å²) in [5.41, 5.74) is 0. The summed E-state index contributed by atoms with van der Waals surface area (Å²) in [7, 11) is 0. The second kappa shape index (κ2) is 8.06. The highest BCUT2D eigenvalue weighted by Crippen LogP contribution is 2.04. The van der Waals surface area contributed by atoms with Gasteiger partial charge in [-0.3, -0.25) is 4.84 Å². The van der Waals surface area contributed by atoms with Crippen LogP contribution in [0.1, 0.15) is 0 Å². The molecule has 0 radical (unpaired) electrons. The molecule has 0 heterocycles. The average Bonchev–Trinajstić information content (AvgIpc) is 2.17. The zero-order valence-corrected chi connectivity index (χ0v) is 8.00. The molecule has 0 unspecified atom stereocenters. The molecule has 14 heavy (non-hydrogen) atoms. The van der Waals surface area contributed by atoms with Crippen molar-refractivity contribution in [2.45, 2.75) is 24.4 Å². The van der Waals surface area contributed by atoms with E-state index >= 15 is 0 Å². The van der Waals surface area contributed by atoms with Crippen molar-refractivity contribution in [3.63, 3.8) is 0 Å². The predicted molar refractivity (Wildman–Crippen MR) is 47.5 cm³/mol. The van der Waals surface area contributed by atoms with Crippen LogP contribution in [0, 0.1) is 0 Å². The molecule has 0 saturated carbocycles. The standard InChI is InChI=1S/C6H13NO6.ClH/c7-13-4(2-9)6(12)5(11)3(10)1-8;/h2-6,8,10-12H,1,7H2;1H/t3-,4+,5-,6-;/m1./s1. The van der Waals surface area contributed by atoms with Gasteiger partial charge in [0.05, 0.1) is 6.61 Å². The lowest BCUT2D eigenvalue weighted by molar-refractivity contribution is -0.146. The van der Waals surface area contributed by atoms with Gasteiger partial charge in [0.2, 0.25) is 0 Å². The summed E-state index contributed by atoms with van der Waals surface area (Å²) in [5, 5.41) is 35.5. The minimum atomic E-state index is -1.69. The lowest BCUT2D eigenvalue weighted by Crippen LogP contribution is -2.48. The lowest BCUT2D eigenvalue weighted by Gasteiger charge is -2.23. The van der Waals surface area contributed by atoms with E-state index in [1.165, 1.54) is 0 Å². The van der Waals surface area contributed by atoms with Crippen LogP contribution in [0.25, 0.3) is 0 Å². The second-order valence-corrected chi connectivity index (χ2v) is 2.47. The van der Waals surface area contributed by atoms with Crippen molar-refractivity contribution < 1.29 is 30.1 Å². The molecular weight excluding hydrogens is 218 g/mol. The minimum absolute atomic E-state index is 0. The van der Waals surface area contributed by atoms with Gasteiger partial charge in [-0.15, -0.1) is 12.4 Å². The van der Waals surface area contributed by atoms with Crippen molar-refractivity contribution in [2.75, 3.05) is 6.61 Å². The summed E-state index contributed by atoms with van der Waals surface area (Å²) in [6.07, 6.45) is -6.17. The van der Waals surface area contributed by atoms with Crippen molar-refractivity contribution in [3.8, 4) is 0 Å². The van der Waals surface area contributed by atoms with Gasteiger partial charge in [-0.1, -0.05) is 0 Å². The Labute approximate surface area is 86.5 Å². The maximum absolute atomic E-state index is 10.2. The molecule has 0 rings (SSSR count). The molecule has 4 atom stereocenters. The number of aldehydes is 1. The molecule has 0 fully saturated rings. The first kappa shape index (κ1) is 16.2. The van der Waals surface area contributed by atoms with Crippen molar-refractivity contribution in [1.29, 1.82) is 0 Å². The molecule has 6 N–H and O–H groups in total. The first-order chi connectivity index (χ1) is 6.08. The number of aliphatic hydroxyl groups excluding tert-OH is 4. The summed E-state index contributed by atoms with van der Waals surface area (Å²) in [5.74, 6) is 4.62. The summed E-state index contributed by atoms with van der Waals surface area (Å²) in [4.78, 5) is 14.2. The van der Waals surface area contributed by atoms with Gasteiger partial charge in [-0.05, 0) is 0 Å². The van der Waals surface area contributed by atoms with Crippen molar-refractivity contribution in [3.05, 3.63) is 0 Å². The molecule has 0 saturated heterocycles. The summed E-state index contributed by atoms with van der Waals surface area (Å²) in [6, 6.07) is 0. The van der Waals surface area contributed by atoms with Crippen LogP contribution in [0.2, 0.25) is 0 Å². The average molecular weight is 232 g/mol. The monoisotopic (exact) mass is 231 g/mol. The third kappa shape index (κ3) is 4.29. The fourth-order valence-electron chi connectivity index (χ4n) is 0.723. The minimum Gasteiger partial charge on any atom is -0.394 e. The van der Waals surface area contributed by atoms with Gasteiger partial charge in [0.1, 0.15) is 18.3 Å². The zero-order chi connectivity index (χ0) is 10.4. The maximum Gasteiger partial charge on any atom is 0.162 e. The molecule has 0 aliphatic rings. The Morgan fingerprint density at radius 3 is 2.07 bits per heavy atom. The fraction of sp³-hybridized carbons (Fsp3) is 0.833. The van der Waals surface area contributed by atoms with Crippen LogP contribution in [0.4, 0.5) is 0 Å². The highest BCUT2D eigenvalue weighted by Gasteiger charge is 2.31. The largest absolute Gasteiger partial charge is 0.394 e. The van der Waals surface area contributed by atoms with Crippen LogP contribution in [-0.4, -0.2) is 57.7 Å². The molecule has 8 heteroatoms. The molecule has 0 aliphatic heterocycles. The van der Waals surface area contributed by atoms with Crippen LogP contribution in [0.3, 0.4) is 0 Å². The summed E-state index contributed by atoms with van der Waals surface area (Å²) in [6.45, 7) is -0.742. The number of hydrogen-bond acceptors (Lipinski definition) is 7. The van der Waals surface area contributed by atoms with E-state index in [9.17, 15) is 4.79 Å². The predicted octanol–water partition coefficient (Wildman–Crippen LogP) is -3.06. The maximum atomic E-state index is 10.2. The number of nitrogens with two attached hydrogens (primary N) is 1. The van der Waals surface area contributed by atoms with Crippen molar-refractivity contribution >= 4 is 18.7 Å². The highest BCUT2D eigenvalue weighted by molar-refractivity contribution is 5.85. The molecular formula is C6H14ClNO6. The third-order valence-corrected chi connectivity index (χ3v) is 1.56. The molecule has 0 aromatic carbocycles. The van der Waals surface area contributed by atoms with Crippen LogP contribution >= 0.6 is 12.4 Å². The normalized spacial score (nSPS) is 18.9. The smallest absolute Gasteiger partial charge is 0.162 e. The van der Waals surface area contributed by atoms with E-state index in [0.717, 1.165) is 0 Å². The number of carbonyl (C=O) groups is 1. The van der Waals surface area contributed by atoms with Crippen LogP contribution < -0.4 is 5.90 Å². The molecule has 0 spiro atoms. The number of aliphatic hydroxyl groups is 4. The van der Waals surface area contributed by atoms with E-state index in [2.05, 4.69) is 10.7 Å². The third-order valence-electron chi connectivity index (χ3n) is 1.56. The Bertz CT molecular complexity index is 159. The quantitative estimate of drug-likeness (QED) is 0.242. The zero-order valence-electron chi connectivity index (χ0n) is 7.18. The second-order valence-electron chi connectivity index (χ2n) is 2.47. The molecule has 0 aromatic heterocycles. The topological polar surface area (TPSA) is 133 Å². The summed E-state index contributed by atoms with van der Waals surface area (Å²) < 4.78 is 0. The Morgan fingerprint density at radius 2 is 1.79 bits per heavy atom. The Morgan fingerprint density at radius 1 is 1.29 bits per heavy atom. The van der Waals surface area contributed by atoms with E-state index in [4.69, 9.17) is 20.4 Å². The van der Waals surface area contributed by atoms with Gasteiger partial charge in [-0.2, -0.15) is 0 Å². The van der Waals surface area contributed by atoms with Crippen LogP contribution in [0.15, 0.2) is 0 Å².